The van der Waals surface area contributed by atoms with Crippen molar-refractivity contribution in [2.24, 2.45) is 0 Å². The van der Waals surface area contributed by atoms with Gasteiger partial charge in [-0.25, -0.2) is 0 Å². The maximum atomic E-state index is 12.7. The van der Waals surface area contributed by atoms with Crippen molar-refractivity contribution in [1.82, 2.24) is 5.32 Å². The average molecular weight is 337 g/mol. The standard InChI is InChI=1S/C18H18F3NO2/c1-12(2)24-16-8-6-14(7-9-16)17(23)22-11-13-4-3-5-15(10-13)18(19,20)21/h3-10,12H,11H2,1-2H3,(H,22,23). The molecule has 0 spiro atoms. The van der Waals surface area contributed by atoms with Gasteiger partial charge in [0, 0.05) is 12.1 Å². The maximum Gasteiger partial charge on any atom is 0.416 e. The monoisotopic (exact) mass is 337 g/mol. The zero-order valence-electron chi connectivity index (χ0n) is 13.4. The minimum Gasteiger partial charge on any atom is -0.491 e. The van der Waals surface area contributed by atoms with Crippen LogP contribution in [-0.2, 0) is 12.7 Å². The Morgan fingerprint density at radius 2 is 1.79 bits per heavy atom. The fourth-order valence-corrected chi connectivity index (χ4v) is 2.10. The number of halogens is 3. The smallest absolute Gasteiger partial charge is 0.416 e. The van der Waals surface area contributed by atoms with Crippen LogP contribution >= 0.6 is 0 Å². The second kappa shape index (κ2) is 7.38. The van der Waals surface area contributed by atoms with Crippen LogP contribution in [-0.4, -0.2) is 12.0 Å². The fourth-order valence-electron chi connectivity index (χ4n) is 2.10. The van der Waals surface area contributed by atoms with Gasteiger partial charge in [0.1, 0.15) is 5.75 Å². The average Bonchev–Trinajstić information content (AvgIpc) is 2.52. The molecule has 2 aromatic carbocycles. The Balaban J connectivity index is 1.98. The largest absolute Gasteiger partial charge is 0.491 e. The molecule has 0 atom stereocenters. The van der Waals surface area contributed by atoms with Crippen molar-refractivity contribution in [2.45, 2.75) is 32.7 Å². The Morgan fingerprint density at radius 1 is 1.12 bits per heavy atom. The van der Waals surface area contributed by atoms with Crippen molar-refractivity contribution in [3.8, 4) is 5.75 Å². The van der Waals surface area contributed by atoms with E-state index >= 15 is 0 Å². The van der Waals surface area contributed by atoms with Gasteiger partial charge in [-0.3, -0.25) is 4.79 Å². The maximum absolute atomic E-state index is 12.7. The molecule has 0 aromatic heterocycles. The molecule has 0 radical (unpaired) electrons. The normalized spacial score (nSPS) is 11.4. The number of carbonyl (C=O) groups is 1. The predicted molar refractivity (Wildman–Crippen MR) is 84.8 cm³/mol. The van der Waals surface area contributed by atoms with Gasteiger partial charge in [-0.1, -0.05) is 12.1 Å². The molecule has 0 aliphatic carbocycles. The van der Waals surface area contributed by atoms with Crippen LogP contribution in [0.1, 0.15) is 35.3 Å². The molecule has 1 amide bonds. The van der Waals surface area contributed by atoms with E-state index < -0.39 is 11.7 Å². The van der Waals surface area contributed by atoms with E-state index in [1.165, 1.54) is 12.1 Å². The van der Waals surface area contributed by atoms with Gasteiger partial charge in [-0.05, 0) is 55.8 Å². The SMILES string of the molecule is CC(C)Oc1ccc(C(=O)NCc2cccc(C(F)(F)F)c2)cc1. The Morgan fingerprint density at radius 3 is 2.38 bits per heavy atom. The molecule has 0 unspecified atom stereocenters. The molecule has 2 rings (SSSR count). The van der Waals surface area contributed by atoms with Crippen LogP contribution in [0.4, 0.5) is 13.2 Å². The van der Waals surface area contributed by atoms with Gasteiger partial charge in [0.2, 0.25) is 0 Å². The summed E-state index contributed by atoms with van der Waals surface area (Å²) in [5, 5.41) is 2.61. The third kappa shape index (κ3) is 5.01. The van der Waals surface area contributed by atoms with E-state index in [1.807, 2.05) is 13.8 Å². The van der Waals surface area contributed by atoms with Crippen molar-refractivity contribution < 1.29 is 22.7 Å². The Labute approximate surface area is 138 Å². The van der Waals surface area contributed by atoms with Crippen molar-refractivity contribution >= 4 is 5.91 Å². The molecule has 0 heterocycles. The third-order valence-corrected chi connectivity index (χ3v) is 3.20. The molecule has 0 aliphatic heterocycles. The van der Waals surface area contributed by atoms with Crippen LogP contribution < -0.4 is 10.1 Å². The molecule has 0 aliphatic rings. The zero-order chi connectivity index (χ0) is 17.7. The summed E-state index contributed by atoms with van der Waals surface area (Å²) in [5.41, 5.74) is 0.0699. The molecule has 1 N–H and O–H groups in total. The first-order valence-corrected chi connectivity index (χ1v) is 7.47. The number of hydrogen-bond acceptors (Lipinski definition) is 2. The first-order chi connectivity index (χ1) is 11.3. The molecule has 0 saturated heterocycles. The first-order valence-electron chi connectivity index (χ1n) is 7.47. The van der Waals surface area contributed by atoms with Crippen LogP contribution in [0.5, 0.6) is 5.75 Å². The molecule has 3 nitrogen and oxygen atoms in total. The van der Waals surface area contributed by atoms with Gasteiger partial charge < -0.3 is 10.1 Å². The number of nitrogens with one attached hydrogen (secondary N) is 1. The molecule has 0 fully saturated rings. The molecular weight excluding hydrogens is 319 g/mol. The van der Waals surface area contributed by atoms with E-state index in [0.717, 1.165) is 12.1 Å². The second-order valence-corrected chi connectivity index (χ2v) is 5.57. The van der Waals surface area contributed by atoms with Crippen LogP contribution in [0.2, 0.25) is 0 Å². The van der Waals surface area contributed by atoms with E-state index in [9.17, 15) is 18.0 Å². The van der Waals surface area contributed by atoms with E-state index in [2.05, 4.69) is 5.32 Å². The molecule has 24 heavy (non-hydrogen) atoms. The summed E-state index contributed by atoms with van der Waals surface area (Å²) in [4.78, 5) is 12.1. The topological polar surface area (TPSA) is 38.3 Å². The number of ether oxygens (including phenoxy) is 1. The van der Waals surface area contributed by atoms with Gasteiger partial charge in [0.05, 0.1) is 11.7 Å². The number of alkyl halides is 3. The van der Waals surface area contributed by atoms with Crippen molar-refractivity contribution in [3.05, 3.63) is 65.2 Å². The summed E-state index contributed by atoms with van der Waals surface area (Å²) in [6.07, 6.45) is -4.36. The van der Waals surface area contributed by atoms with Crippen molar-refractivity contribution in [2.75, 3.05) is 0 Å². The van der Waals surface area contributed by atoms with Gasteiger partial charge in [0.15, 0.2) is 0 Å². The predicted octanol–water partition coefficient (Wildman–Crippen LogP) is 4.42. The number of carbonyl (C=O) groups excluding carboxylic acids is 1. The third-order valence-electron chi connectivity index (χ3n) is 3.20. The van der Waals surface area contributed by atoms with Gasteiger partial charge in [0.25, 0.3) is 5.91 Å². The minimum absolute atomic E-state index is 0.0208. The summed E-state index contributed by atoms with van der Waals surface area (Å²) in [6.45, 7) is 3.82. The molecular formula is C18H18F3NO2. The van der Waals surface area contributed by atoms with Gasteiger partial charge in [-0.15, -0.1) is 0 Å². The number of amides is 1. The molecule has 6 heteroatoms. The molecule has 0 bridgehead atoms. The van der Waals surface area contributed by atoms with Crippen LogP contribution in [0.25, 0.3) is 0 Å². The lowest BCUT2D eigenvalue weighted by molar-refractivity contribution is -0.137. The summed E-state index contributed by atoms with van der Waals surface area (Å²) < 4.78 is 43.5. The highest BCUT2D eigenvalue weighted by molar-refractivity contribution is 5.94. The van der Waals surface area contributed by atoms with Crippen LogP contribution in [0, 0.1) is 0 Å². The summed E-state index contributed by atoms with van der Waals surface area (Å²) >= 11 is 0. The number of rotatable bonds is 5. The Kier molecular flexibility index (Phi) is 5.49. The lowest BCUT2D eigenvalue weighted by atomic mass is 10.1. The van der Waals surface area contributed by atoms with Crippen LogP contribution in [0.3, 0.4) is 0 Å². The lowest BCUT2D eigenvalue weighted by Gasteiger charge is -2.11. The molecule has 2 aromatic rings. The number of hydrogen-bond donors (Lipinski definition) is 1. The van der Waals surface area contributed by atoms with Crippen molar-refractivity contribution in [1.29, 1.82) is 0 Å². The second-order valence-electron chi connectivity index (χ2n) is 5.57. The van der Waals surface area contributed by atoms with Gasteiger partial charge >= 0.3 is 6.18 Å². The first kappa shape index (κ1) is 17.8. The lowest BCUT2D eigenvalue weighted by Crippen LogP contribution is -2.23. The zero-order valence-corrected chi connectivity index (χ0v) is 13.4. The van der Waals surface area contributed by atoms with E-state index in [-0.39, 0.29) is 18.6 Å². The highest BCUT2D eigenvalue weighted by Crippen LogP contribution is 2.29. The fraction of sp³-hybridized carbons (Fsp3) is 0.278. The Hall–Kier alpha value is -2.50. The quantitative estimate of drug-likeness (QED) is 0.877. The Bertz CT molecular complexity index is 694. The van der Waals surface area contributed by atoms with Crippen molar-refractivity contribution in [3.63, 3.8) is 0 Å². The summed E-state index contributed by atoms with van der Waals surface area (Å²) in [6, 6.07) is 11.5. The highest BCUT2D eigenvalue weighted by atomic mass is 19.4. The van der Waals surface area contributed by atoms with E-state index in [4.69, 9.17) is 4.74 Å². The molecule has 0 saturated carbocycles. The summed E-state index contributed by atoms with van der Waals surface area (Å²) in [7, 11) is 0. The summed E-state index contributed by atoms with van der Waals surface area (Å²) in [5.74, 6) is 0.294. The highest BCUT2D eigenvalue weighted by Gasteiger charge is 2.30. The molecule has 128 valence electrons. The van der Waals surface area contributed by atoms with Crippen LogP contribution in [0.15, 0.2) is 48.5 Å². The van der Waals surface area contributed by atoms with E-state index in [0.29, 0.717) is 16.9 Å². The minimum atomic E-state index is -4.40. The van der Waals surface area contributed by atoms with E-state index in [1.54, 1.807) is 24.3 Å². The number of benzene rings is 2. The van der Waals surface area contributed by atoms with Gasteiger partial charge in [-0.2, -0.15) is 13.2 Å².